The SMILES string of the molecule is Cc1ccc(-c2ccc(F)cc2F)cc1CN(C=O)CC(=O)N1CC2(CC1C(=O)O)OCCO2. The Balaban J connectivity index is 1.50. The molecule has 1 atom stereocenters. The third-order valence-corrected chi connectivity index (χ3v) is 6.16. The highest BCUT2D eigenvalue weighted by Crippen LogP contribution is 2.35. The Labute approximate surface area is 194 Å². The molecule has 2 aliphatic rings. The summed E-state index contributed by atoms with van der Waals surface area (Å²) in [6.45, 7) is 2.11. The molecule has 2 aliphatic heterocycles. The van der Waals surface area contributed by atoms with Gasteiger partial charge in [0.15, 0.2) is 5.79 Å². The van der Waals surface area contributed by atoms with E-state index in [2.05, 4.69) is 0 Å². The van der Waals surface area contributed by atoms with Gasteiger partial charge < -0.3 is 24.4 Å². The molecule has 0 aliphatic carbocycles. The van der Waals surface area contributed by atoms with Crippen LogP contribution in [-0.4, -0.2) is 71.3 Å². The van der Waals surface area contributed by atoms with E-state index in [0.717, 1.165) is 17.7 Å². The van der Waals surface area contributed by atoms with Gasteiger partial charge in [-0.25, -0.2) is 13.6 Å². The molecule has 4 rings (SSSR count). The van der Waals surface area contributed by atoms with E-state index in [1.54, 1.807) is 18.2 Å². The average molecular weight is 474 g/mol. The zero-order chi connectivity index (χ0) is 24.5. The van der Waals surface area contributed by atoms with Crippen LogP contribution in [0.3, 0.4) is 0 Å². The highest BCUT2D eigenvalue weighted by molar-refractivity contribution is 5.86. The molecule has 0 bridgehead atoms. The first-order valence-electron chi connectivity index (χ1n) is 10.8. The second-order valence-corrected chi connectivity index (χ2v) is 8.46. The normalized spacial score (nSPS) is 18.9. The van der Waals surface area contributed by atoms with E-state index in [0.29, 0.717) is 30.8 Å². The van der Waals surface area contributed by atoms with Crippen LogP contribution < -0.4 is 0 Å². The standard InChI is InChI=1S/C24H24F2N2O6/c1-15-2-3-16(19-5-4-18(25)9-20(19)26)8-17(15)11-27(14-29)12-22(30)28-13-24(33-6-7-34-24)10-21(28)23(31)32/h2-5,8-9,14,21H,6-7,10-13H2,1H3,(H,31,32). The molecular weight excluding hydrogens is 450 g/mol. The Morgan fingerprint density at radius 1 is 1.21 bits per heavy atom. The molecule has 0 aromatic heterocycles. The number of carboxylic acids is 1. The topological polar surface area (TPSA) is 96.4 Å². The third kappa shape index (κ3) is 4.78. The first kappa shape index (κ1) is 23.8. The van der Waals surface area contributed by atoms with Gasteiger partial charge >= 0.3 is 5.97 Å². The second-order valence-electron chi connectivity index (χ2n) is 8.46. The average Bonchev–Trinajstić information content (AvgIpc) is 3.42. The van der Waals surface area contributed by atoms with Crippen LogP contribution in [0.5, 0.6) is 0 Å². The number of hydrogen-bond donors (Lipinski definition) is 1. The van der Waals surface area contributed by atoms with E-state index in [4.69, 9.17) is 9.47 Å². The van der Waals surface area contributed by atoms with E-state index >= 15 is 0 Å². The van der Waals surface area contributed by atoms with Gasteiger partial charge in [-0.3, -0.25) is 9.59 Å². The summed E-state index contributed by atoms with van der Waals surface area (Å²) in [5.74, 6) is -4.25. The Hall–Kier alpha value is -3.37. The van der Waals surface area contributed by atoms with Crippen molar-refractivity contribution in [2.45, 2.75) is 31.7 Å². The molecule has 1 spiro atoms. The van der Waals surface area contributed by atoms with Gasteiger partial charge in [0, 0.05) is 24.6 Å². The number of rotatable bonds is 7. The fourth-order valence-electron chi connectivity index (χ4n) is 4.37. The van der Waals surface area contributed by atoms with Gasteiger partial charge in [-0.1, -0.05) is 12.1 Å². The molecule has 2 fully saturated rings. The van der Waals surface area contributed by atoms with Gasteiger partial charge in [0.1, 0.15) is 17.7 Å². The molecule has 2 saturated heterocycles. The van der Waals surface area contributed by atoms with Gasteiger partial charge in [0.2, 0.25) is 12.3 Å². The van der Waals surface area contributed by atoms with Crippen molar-refractivity contribution >= 4 is 18.3 Å². The number of ether oxygens (including phenoxy) is 2. The summed E-state index contributed by atoms with van der Waals surface area (Å²) in [5.41, 5.74) is 2.18. The van der Waals surface area contributed by atoms with Crippen LogP contribution in [0.15, 0.2) is 36.4 Å². The number of hydrogen-bond acceptors (Lipinski definition) is 5. The molecule has 34 heavy (non-hydrogen) atoms. The summed E-state index contributed by atoms with van der Waals surface area (Å²) in [4.78, 5) is 38.9. The van der Waals surface area contributed by atoms with Crippen molar-refractivity contribution in [3.63, 3.8) is 0 Å². The van der Waals surface area contributed by atoms with Crippen LogP contribution >= 0.6 is 0 Å². The Kier molecular flexibility index (Phi) is 6.63. The predicted molar refractivity (Wildman–Crippen MR) is 115 cm³/mol. The summed E-state index contributed by atoms with van der Waals surface area (Å²) in [6, 6.07) is 7.29. The molecule has 2 aromatic carbocycles. The van der Waals surface area contributed by atoms with Crippen LogP contribution in [0.1, 0.15) is 17.5 Å². The number of nitrogens with zero attached hydrogens (tertiary/aromatic N) is 2. The Morgan fingerprint density at radius 3 is 2.59 bits per heavy atom. The third-order valence-electron chi connectivity index (χ3n) is 6.16. The van der Waals surface area contributed by atoms with Crippen molar-refractivity contribution < 1.29 is 37.7 Å². The smallest absolute Gasteiger partial charge is 0.326 e. The monoisotopic (exact) mass is 474 g/mol. The molecule has 2 aromatic rings. The lowest BCUT2D eigenvalue weighted by atomic mass is 9.99. The molecular formula is C24H24F2N2O6. The van der Waals surface area contributed by atoms with Crippen molar-refractivity contribution in [1.82, 2.24) is 9.80 Å². The number of likely N-dealkylation sites (tertiary alicyclic amines) is 1. The summed E-state index contributed by atoms with van der Waals surface area (Å²) in [7, 11) is 0. The maximum atomic E-state index is 14.2. The number of carbonyl (C=O) groups excluding carboxylic acids is 2. The lowest BCUT2D eigenvalue weighted by Gasteiger charge is -2.26. The Morgan fingerprint density at radius 2 is 1.94 bits per heavy atom. The number of amides is 2. The van der Waals surface area contributed by atoms with Crippen molar-refractivity contribution in [1.29, 1.82) is 0 Å². The quantitative estimate of drug-likeness (QED) is 0.619. The molecule has 2 heterocycles. The second kappa shape index (κ2) is 9.47. The summed E-state index contributed by atoms with van der Waals surface area (Å²) >= 11 is 0. The molecule has 1 unspecified atom stereocenters. The fourth-order valence-corrected chi connectivity index (χ4v) is 4.37. The highest BCUT2D eigenvalue weighted by atomic mass is 19.1. The first-order chi connectivity index (χ1) is 16.2. The van der Waals surface area contributed by atoms with Gasteiger partial charge in [-0.05, 0) is 41.8 Å². The van der Waals surface area contributed by atoms with Gasteiger partial charge in [-0.2, -0.15) is 0 Å². The van der Waals surface area contributed by atoms with Crippen LogP contribution in [0.25, 0.3) is 11.1 Å². The Bertz CT molecular complexity index is 1120. The van der Waals surface area contributed by atoms with Gasteiger partial charge in [-0.15, -0.1) is 0 Å². The molecule has 1 N–H and O–H groups in total. The predicted octanol–water partition coefficient (Wildman–Crippen LogP) is 2.33. The van der Waals surface area contributed by atoms with Gasteiger partial charge in [0.05, 0.1) is 26.3 Å². The maximum absolute atomic E-state index is 14.2. The minimum Gasteiger partial charge on any atom is -0.480 e. The molecule has 2 amide bonds. The summed E-state index contributed by atoms with van der Waals surface area (Å²) in [6.07, 6.45) is 0.520. The largest absolute Gasteiger partial charge is 0.480 e. The molecule has 180 valence electrons. The zero-order valence-corrected chi connectivity index (χ0v) is 18.5. The van der Waals surface area contributed by atoms with E-state index in [1.165, 1.54) is 15.9 Å². The summed E-state index contributed by atoms with van der Waals surface area (Å²) in [5, 5.41) is 9.58. The molecule has 10 heteroatoms. The number of aliphatic carboxylic acids is 1. The van der Waals surface area contributed by atoms with Crippen LogP contribution in [0, 0.1) is 18.6 Å². The van der Waals surface area contributed by atoms with E-state index < -0.39 is 35.3 Å². The van der Waals surface area contributed by atoms with Crippen LogP contribution in [0.2, 0.25) is 0 Å². The lowest BCUT2D eigenvalue weighted by Crippen LogP contribution is -2.46. The van der Waals surface area contributed by atoms with Crippen LogP contribution in [-0.2, 0) is 30.4 Å². The van der Waals surface area contributed by atoms with E-state index in [1.807, 2.05) is 6.92 Å². The van der Waals surface area contributed by atoms with Crippen LogP contribution in [0.4, 0.5) is 8.78 Å². The maximum Gasteiger partial charge on any atom is 0.326 e. The minimum absolute atomic E-state index is 0.0134. The fraction of sp³-hybridized carbons (Fsp3) is 0.375. The number of benzene rings is 2. The molecule has 0 radical (unpaired) electrons. The number of carbonyl (C=O) groups is 3. The van der Waals surface area contributed by atoms with Crippen molar-refractivity contribution in [3.05, 3.63) is 59.2 Å². The zero-order valence-electron chi connectivity index (χ0n) is 18.5. The van der Waals surface area contributed by atoms with E-state index in [9.17, 15) is 28.3 Å². The summed E-state index contributed by atoms with van der Waals surface area (Å²) < 4.78 is 38.6. The lowest BCUT2D eigenvalue weighted by molar-refractivity contribution is -0.153. The first-order valence-corrected chi connectivity index (χ1v) is 10.8. The van der Waals surface area contributed by atoms with E-state index in [-0.39, 0.29) is 31.6 Å². The molecule has 8 nitrogen and oxygen atoms in total. The van der Waals surface area contributed by atoms with Crippen molar-refractivity contribution in [2.24, 2.45) is 0 Å². The number of aryl methyl sites for hydroxylation is 1. The van der Waals surface area contributed by atoms with Crippen molar-refractivity contribution in [2.75, 3.05) is 26.3 Å². The number of carboxylic acid groups (broad SMARTS) is 1. The van der Waals surface area contributed by atoms with Crippen molar-refractivity contribution in [3.8, 4) is 11.1 Å². The van der Waals surface area contributed by atoms with Gasteiger partial charge in [0.25, 0.3) is 0 Å². The highest BCUT2D eigenvalue weighted by Gasteiger charge is 2.52. The molecule has 0 saturated carbocycles. The minimum atomic E-state index is -1.17. The number of halogens is 2.